The van der Waals surface area contributed by atoms with Crippen LogP contribution < -0.4 is 14.8 Å². The zero-order valence-corrected chi connectivity index (χ0v) is 19.3. The molecule has 0 fully saturated rings. The van der Waals surface area contributed by atoms with Gasteiger partial charge in [-0.2, -0.15) is 5.10 Å². The Hall–Kier alpha value is -4.39. The lowest BCUT2D eigenvalue weighted by molar-refractivity contribution is 0.0803. The van der Waals surface area contributed by atoms with Gasteiger partial charge in [0, 0.05) is 43.9 Å². The van der Waals surface area contributed by atoms with Crippen LogP contribution in [0.15, 0.2) is 42.7 Å². The third kappa shape index (κ3) is 4.83. The lowest BCUT2D eigenvalue weighted by Gasteiger charge is -2.16. The van der Waals surface area contributed by atoms with Crippen LogP contribution in [0.5, 0.6) is 17.2 Å². The van der Waals surface area contributed by atoms with Crippen molar-refractivity contribution >= 4 is 17.6 Å². The molecule has 10 heteroatoms. The molecular formula is C24H24N6O4. The predicted molar refractivity (Wildman–Crippen MR) is 124 cm³/mol. The number of hydrogen-bond acceptors (Lipinski definition) is 6. The van der Waals surface area contributed by atoms with Crippen LogP contribution in [-0.2, 0) is 13.5 Å². The van der Waals surface area contributed by atoms with Crippen LogP contribution in [0.4, 0.5) is 5.82 Å². The molecular weight excluding hydrogens is 436 g/mol. The standard InChI is InChI=1S/C24H24N6O4/c1-24(2)12-17-19(33-16-6-7-18(26-13-16)23(32)29(4)14-25-3)10-15(11-20(17)34-24)22(31)27-21-8-9-30(5)28-21/h6-11,13H,12,14H2,1-2,4-5H3,(H,27,28,31). The number of ether oxygens (including phenoxy) is 2. The van der Waals surface area contributed by atoms with Gasteiger partial charge < -0.3 is 14.8 Å². The van der Waals surface area contributed by atoms with Crippen molar-refractivity contribution in [2.75, 3.05) is 19.0 Å². The molecule has 0 spiro atoms. The minimum absolute atomic E-state index is 0.0476. The summed E-state index contributed by atoms with van der Waals surface area (Å²) in [7, 11) is 3.31. The van der Waals surface area contributed by atoms with Crippen molar-refractivity contribution in [3.8, 4) is 17.2 Å². The number of carbonyl (C=O) groups excluding carboxylic acids is 2. The van der Waals surface area contributed by atoms with Crippen LogP contribution in [0, 0.1) is 6.57 Å². The van der Waals surface area contributed by atoms with E-state index in [0.717, 1.165) is 5.56 Å². The summed E-state index contributed by atoms with van der Waals surface area (Å²) in [6, 6.07) is 8.22. The lowest BCUT2D eigenvalue weighted by Crippen LogP contribution is -2.26. The van der Waals surface area contributed by atoms with Gasteiger partial charge in [0.2, 0.25) is 0 Å². The molecule has 34 heavy (non-hydrogen) atoms. The molecule has 0 unspecified atom stereocenters. The largest absolute Gasteiger partial charge is 0.487 e. The first kappa shape index (κ1) is 22.8. The van der Waals surface area contributed by atoms with Crippen molar-refractivity contribution in [1.82, 2.24) is 19.7 Å². The Morgan fingerprint density at radius 2 is 2.12 bits per heavy atom. The summed E-state index contributed by atoms with van der Waals surface area (Å²) in [5.41, 5.74) is 0.962. The Morgan fingerprint density at radius 1 is 1.32 bits per heavy atom. The summed E-state index contributed by atoms with van der Waals surface area (Å²) in [6.45, 7) is 10.8. The molecule has 0 saturated carbocycles. The fourth-order valence-corrected chi connectivity index (χ4v) is 3.60. The Bertz CT molecular complexity index is 1290. The van der Waals surface area contributed by atoms with E-state index >= 15 is 0 Å². The van der Waals surface area contributed by atoms with E-state index in [-0.39, 0.29) is 24.2 Å². The number of fused-ring (bicyclic) bond motifs is 1. The average molecular weight is 460 g/mol. The fourth-order valence-electron chi connectivity index (χ4n) is 3.60. The highest BCUT2D eigenvalue weighted by Crippen LogP contribution is 2.43. The van der Waals surface area contributed by atoms with Gasteiger partial charge >= 0.3 is 0 Å². The van der Waals surface area contributed by atoms with Gasteiger partial charge in [-0.3, -0.25) is 24.0 Å². The predicted octanol–water partition coefficient (Wildman–Crippen LogP) is 3.52. The van der Waals surface area contributed by atoms with Crippen molar-refractivity contribution in [2.24, 2.45) is 7.05 Å². The monoisotopic (exact) mass is 460 g/mol. The molecule has 1 aliphatic heterocycles. The summed E-state index contributed by atoms with van der Waals surface area (Å²) in [5.74, 6) is 1.19. The number of nitrogens with zero attached hydrogens (tertiary/aromatic N) is 5. The topological polar surface area (TPSA) is 103 Å². The zero-order chi connectivity index (χ0) is 24.5. The molecule has 0 saturated heterocycles. The van der Waals surface area contributed by atoms with Gasteiger partial charge in [-0.25, -0.2) is 11.6 Å². The number of pyridine rings is 1. The Balaban J connectivity index is 1.60. The molecule has 0 aliphatic carbocycles. The third-order valence-corrected chi connectivity index (χ3v) is 5.19. The van der Waals surface area contributed by atoms with Crippen LogP contribution in [0.1, 0.15) is 40.3 Å². The van der Waals surface area contributed by atoms with E-state index in [9.17, 15) is 9.59 Å². The van der Waals surface area contributed by atoms with E-state index < -0.39 is 5.60 Å². The molecule has 0 bridgehead atoms. The minimum Gasteiger partial charge on any atom is -0.487 e. The third-order valence-electron chi connectivity index (χ3n) is 5.19. The SMILES string of the molecule is [C-]#[N+]CN(C)C(=O)c1ccc(Oc2cc(C(=O)Nc3ccn(C)n3)cc3c2CC(C)(C)O3)cn1. The number of aryl methyl sites for hydroxylation is 1. The van der Waals surface area contributed by atoms with Gasteiger partial charge in [-0.15, -0.1) is 0 Å². The van der Waals surface area contributed by atoms with Crippen LogP contribution in [0.2, 0.25) is 0 Å². The second-order valence-corrected chi connectivity index (χ2v) is 8.60. The Kier molecular flexibility index (Phi) is 5.94. The van der Waals surface area contributed by atoms with Crippen LogP contribution in [0.25, 0.3) is 4.85 Å². The molecule has 0 atom stereocenters. The highest BCUT2D eigenvalue weighted by atomic mass is 16.5. The number of rotatable bonds is 6. The maximum Gasteiger partial charge on any atom is 0.291 e. The molecule has 1 aliphatic rings. The molecule has 4 rings (SSSR count). The van der Waals surface area contributed by atoms with Crippen molar-refractivity contribution in [2.45, 2.75) is 25.9 Å². The van der Waals surface area contributed by atoms with Crippen LogP contribution >= 0.6 is 0 Å². The average Bonchev–Trinajstić information content (AvgIpc) is 3.34. The summed E-state index contributed by atoms with van der Waals surface area (Å²) in [5, 5.41) is 6.94. The maximum absolute atomic E-state index is 12.9. The molecule has 0 radical (unpaired) electrons. The van der Waals surface area contributed by atoms with Gasteiger partial charge in [0.25, 0.3) is 18.5 Å². The molecule has 1 N–H and O–H groups in total. The number of hydrogen-bond donors (Lipinski definition) is 1. The van der Waals surface area contributed by atoms with E-state index in [1.54, 1.807) is 49.2 Å². The quantitative estimate of drug-likeness (QED) is 0.565. The van der Waals surface area contributed by atoms with Gasteiger partial charge in [0.05, 0.1) is 6.20 Å². The number of amides is 2. The van der Waals surface area contributed by atoms with Crippen molar-refractivity contribution in [3.63, 3.8) is 0 Å². The van der Waals surface area contributed by atoms with Crippen molar-refractivity contribution in [1.29, 1.82) is 0 Å². The first-order valence-corrected chi connectivity index (χ1v) is 10.5. The summed E-state index contributed by atoms with van der Waals surface area (Å²) >= 11 is 0. The van der Waals surface area contributed by atoms with E-state index in [1.165, 1.54) is 17.2 Å². The minimum atomic E-state index is -0.446. The van der Waals surface area contributed by atoms with E-state index in [2.05, 4.69) is 20.2 Å². The van der Waals surface area contributed by atoms with E-state index in [1.807, 2.05) is 13.8 Å². The van der Waals surface area contributed by atoms with E-state index in [0.29, 0.717) is 35.1 Å². The second kappa shape index (κ2) is 8.86. The second-order valence-electron chi connectivity index (χ2n) is 8.60. The number of carbonyl (C=O) groups is 2. The van der Waals surface area contributed by atoms with Crippen LogP contribution in [0.3, 0.4) is 0 Å². The lowest BCUT2D eigenvalue weighted by atomic mass is 9.99. The molecule has 3 aromatic rings. The molecule has 3 heterocycles. The maximum atomic E-state index is 12.9. The first-order valence-electron chi connectivity index (χ1n) is 10.5. The Morgan fingerprint density at radius 3 is 2.76 bits per heavy atom. The molecule has 1 aromatic carbocycles. The van der Waals surface area contributed by atoms with Crippen LogP contribution in [-0.4, -0.2) is 50.8 Å². The zero-order valence-electron chi connectivity index (χ0n) is 19.3. The number of benzene rings is 1. The molecule has 174 valence electrons. The summed E-state index contributed by atoms with van der Waals surface area (Å²) in [4.78, 5) is 33.9. The van der Waals surface area contributed by atoms with Gasteiger partial charge in [-0.1, -0.05) is 0 Å². The highest BCUT2D eigenvalue weighted by molar-refractivity contribution is 6.04. The number of nitrogens with one attached hydrogen (secondary N) is 1. The molecule has 2 aromatic heterocycles. The molecule has 2 amide bonds. The normalized spacial score (nSPS) is 13.4. The first-order chi connectivity index (χ1) is 16.1. The number of aromatic nitrogens is 3. The summed E-state index contributed by atoms with van der Waals surface area (Å²) in [6.07, 6.45) is 3.78. The van der Waals surface area contributed by atoms with Crippen molar-refractivity contribution < 1.29 is 19.1 Å². The smallest absolute Gasteiger partial charge is 0.291 e. The fraction of sp³-hybridized carbons (Fsp3) is 0.292. The van der Waals surface area contributed by atoms with Crippen molar-refractivity contribution in [3.05, 3.63) is 71.0 Å². The molecule has 10 nitrogen and oxygen atoms in total. The van der Waals surface area contributed by atoms with Gasteiger partial charge in [0.1, 0.15) is 28.5 Å². The van der Waals surface area contributed by atoms with Gasteiger partial charge in [0.15, 0.2) is 5.82 Å². The summed E-state index contributed by atoms with van der Waals surface area (Å²) < 4.78 is 13.7. The number of anilines is 1. The van der Waals surface area contributed by atoms with Gasteiger partial charge in [-0.05, 0) is 38.1 Å². The highest BCUT2D eigenvalue weighted by Gasteiger charge is 2.34. The van der Waals surface area contributed by atoms with E-state index in [4.69, 9.17) is 16.0 Å². The Labute approximate surface area is 196 Å².